The van der Waals surface area contributed by atoms with Gasteiger partial charge in [-0.1, -0.05) is 17.7 Å². The Hall–Kier alpha value is -2.27. The van der Waals surface area contributed by atoms with Gasteiger partial charge in [0.25, 0.3) is 0 Å². The molecule has 2 aromatic rings. The van der Waals surface area contributed by atoms with Crippen molar-refractivity contribution in [3.8, 4) is 17.2 Å². The molecule has 102 valence electrons. The Bertz CT molecular complexity index is 667. The van der Waals surface area contributed by atoms with E-state index in [9.17, 15) is 9.18 Å². The van der Waals surface area contributed by atoms with Crippen LogP contribution in [-0.4, -0.2) is 12.8 Å². The maximum Gasteiger partial charge on any atom is 0.348 e. The Balaban J connectivity index is 1.86. The van der Waals surface area contributed by atoms with Gasteiger partial charge in [0.1, 0.15) is 17.1 Å². The SMILES string of the molecule is O=C(Oc1ccc2c(c1)OCO2)c1c(F)cccc1Cl. The van der Waals surface area contributed by atoms with E-state index in [4.69, 9.17) is 25.8 Å². The third-order valence-corrected chi connectivity index (χ3v) is 3.04. The zero-order valence-electron chi connectivity index (χ0n) is 10.1. The summed E-state index contributed by atoms with van der Waals surface area (Å²) in [5.41, 5.74) is -0.299. The molecule has 0 spiro atoms. The van der Waals surface area contributed by atoms with Crippen LogP contribution in [0.15, 0.2) is 36.4 Å². The molecule has 1 aliphatic rings. The van der Waals surface area contributed by atoms with Gasteiger partial charge in [-0.05, 0) is 24.3 Å². The van der Waals surface area contributed by atoms with E-state index in [0.29, 0.717) is 11.5 Å². The molecule has 3 rings (SSSR count). The quantitative estimate of drug-likeness (QED) is 0.629. The van der Waals surface area contributed by atoms with Crippen LogP contribution >= 0.6 is 11.6 Å². The molecule has 20 heavy (non-hydrogen) atoms. The summed E-state index contributed by atoms with van der Waals surface area (Å²) in [6, 6.07) is 8.60. The van der Waals surface area contributed by atoms with Crippen molar-refractivity contribution in [1.29, 1.82) is 0 Å². The molecule has 0 atom stereocenters. The largest absolute Gasteiger partial charge is 0.454 e. The molecule has 0 radical (unpaired) electrons. The van der Waals surface area contributed by atoms with E-state index in [1.807, 2.05) is 0 Å². The average Bonchev–Trinajstić information content (AvgIpc) is 2.85. The topological polar surface area (TPSA) is 44.8 Å². The molecule has 0 saturated heterocycles. The van der Waals surface area contributed by atoms with E-state index in [2.05, 4.69) is 0 Å². The molecule has 0 bridgehead atoms. The summed E-state index contributed by atoms with van der Waals surface area (Å²) in [5.74, 6) is -0.350. The number of benzene rings is 2. The standard InChI is InChI=1S/C14H8ClFO4/c15-9-2-1-3-10(16)13(9)14(17)20-8-4-5-11-12(6-8)19-7-18-11/h1-6H,7H2. The molecule has 0 amide bonds. The lowest BCUT2D eigenvalue weighted by molar-refractivity contribution is 0.0730. The third-order valence-electron chi connectivity index (χ3n) is 2.72. The Morgan fingerprint density at radius 2 is 2.00 bits per heavy atom. The minimum absolute atomic E-state index is 0.00394. The first-order chi connectivity index (χ1) is 9.65. The number of ether oxygens (including phenoxy) is 3. The molecule has 0 N–H and O–H groups in total. The molecular formula is C14H8ClFO4. The summed E-state index contributed by atoms with van der Waals surface area (Å²) in [7, 11) is 0. The molecule has 6 heteroatoms. The number of carbonyl (C=O) groups excluding carboxylic acids is 1. The van der Waals surface area contributed by atoms with Gasteiger partial charge in [0.15, 0.2) is 11.5 Å². The fraction of sp³-hybridized carbons (Fsp3) is 0.0714. The summed E-state index contributed by atoms with van der Waals surface area (Å²) in [6.07, 6.45) is 0. The Morgan fingerprint density at radius 3 is 2.80 bits per heavy atom. The van der Waals surface area contributed by atoms with Crippen molar-refractivity contribution < 1.29 is 23.4 Å². The second kappa shape index (κ2) is 5.02. The molecular weight excluding hydrogens is 287 g/mol. The molecule has 2 aromatic carbocycles. The smallest absolute Gasteiger partial charge is 0.348 e. The van der Waals surface area contributed by atoms with Crippen molar-refractivity contribution >= 4 is 17.6 Å². The number of rotatable bonds is 2. The highest BCUT2D eigenvalue weighted by atomic mass is 35.5. The van der Waals surface area contributed by atoms with E-state index in [1.165, 1.54) is 24.3 Å². The Kier molecular flexibility index (Phi) is 3.20. The number of fused-ring (bicyclic) bond motifs is 1. The molecule has 0 unspecified atom stereocenters. The van der Waals surface area contributed by atoms with Crippen molar-refractivity contribution in [3.63, 3.8) is 0 Å². The van der Waals surface area contributed by atoms with Gasteiger partial charge >= 0.3 is 5.97 Å². The highest BCUT2D eigenvalue weighted by Crippen LogP contribution is 2.35. The van der Waals surface area contributed by atoms with Gasteiger partial charge < -0.3 is 14.2 Å². The lowest BCUT2D eigenvalue weighted by Gasteiger charge is -2.07. The predicted octanol–water partition coefficient (Wildman–Crippen LogP) is 3.43. The number of halogens is 2. The molecule has 0 saturated carbocycles. The molecule has 1 aliphatic heterocycles. The molecule has 4 nitrogen and oxygen atoms in total. The van der Waals surface area contributed by atoms with Crippen molar-refractivity contribution in [2.24, 2.45) is 0 Å². The van der Waals surface area contributed by atoms with E-state index in [0.717, 1.165) is 6.07 Å². The van der Waals surface area contributed by atoms with Gasteiger partial charge in [0, 0.05) is 6.07 Å². The van der Waals surface area contributed by atoms with Crippen LogP contribution in [0.5, 0.6) is 17.2 Å². The van der Waals surface area contributed by atoms with Crippen molar-refractivity contribution in [3.05, 3.63) is 52.8 Å². The van der Waals surface area contributed by atoms with Crippen LogP contribution in [0.1, 0.15) is 10.4 Å². The second-order valence-corrected chi connectivity index (χ2v) is 4.41. The summed E-state index contributed by atoms with van der Waals surface area (Å²) in [4.78, 5) is 11.9. The zero-order valence-corrected chi connectivity index (χ0v) is 10.8. The van der Waals surface area contributed by atoms with Crippen LogP contribution in [-0.2, 0) is 0 Å². The number of hydrogen-bond donors (Lipinski definition) is 0. The van der Waals surface area contributed by atoms with Gasteiger partial charge in [0.05, 0.1) is 5.02 Å². The summed E-state index contributed by atoms with van der Waals surface area (Å²) in [5, 5.41) is -0.00394. The van der Waals surface area contributed by atoms with E-state index < -0.39 is 11.8 Å². The normalized spacial score (nSPS) is 12.3. The lowest BCUT2D eigenvalue weighted by Crippen LogP contribution is -2.11. The summed E-state index contributed by atoms with van der Waals surface area (Å²) >= 11 is 5.80. The summed E-state index contributed by atoms with van der Waals surface area (Å²) < 4.78 is 29.0. The van der Waals surface area contributed by atoms with Crippen LogP contribution in [0.2, 0.25) is 5.02 Å². The average molecular weight is 295 g/mol. The van der Waals surface area contributed by atoms with Gasteiger partial charge in [-0.15, -0.1) is 0 Å². The Labute approximate surface area is 118 Å². The maximum absolute atomic E-state index is 13.6. The molecule has 0 fully saturated rings. The van der Waals surface area contributed by atoms with Gasteiger partial charge in [-0.2, -0.15) is 0 Å². The molecule has 0 aliphatic carbocycles. The monoisotopic (exact) mass is 294 g/mol. The highest BCUT2D eigenvalue weighted by molar-refractivity contribution is 6.33. The first-order valence-corrected chi connectivity index (χ1v) is 6.09. The third kappa shape index (κ3) is 2.28. The van der Waals surface area contributed by atoms with Crippen molar-refractivity contribution in [1.82, 2.24) is 0 Å². The zero-order chi connectivity index (χ0) is 14.1. The lowest BCUT2D eigenvalue weighted by atomic mass is 10.2. The molecule has 0 aromatic heterocycles. The fourth-order valence-electron chi connectivity index (χ4n) is 1.79. The van der Waals surface area contributed by atoms with E-state index in [1.54, 1.807) is 6.07 Å². The van der Waals surface area contributed by atoms with Gasteiger partial charge in [-0.25, -0.2) is 9.18 Å². The first kappa shape index (κ1) is 12.7. The minimum Gasteiger partial charge on any atom is -0.454 e. The minimum atomic E-state index is -0.869. The summed E-state index contributed by atoms with van der Waals surface area (Å²) in [6.45, 7) is 0.117. The molecule has 1 heterocycles. The van der Waals surface area contributed by atoms with Crippen LogP contribution in [0, 0.1) is 5.82 Å². The second-order valence-electron chi connectivity index (χ2n) is 4.00. The predicted molar refractivity (Wildman–Crippen MR) is 68.9 cm³/mol. The number of hydrogen-bond acceptors (Lipinski definition) is 4. The van der Waals surface area contributed by atoms with E-state index in [-0.39, 0.29) is 23.1 Å². The van der Waals surface area contributed by atoms with Crippen molar-refractivity contribution in [2.45, 2.75) is 0 Å². The van der Waals surface area contributed by atoms with E-state index >= 15 is 0 Å². The maximum atomic E-state index is 13.6. The van der Waals surface area contributed by atoms with Crippen LogP contribution in [0.25, 0.3) is 0 Å². The Morgan fingerprint density at radius 1 is 1.20 bits per heavy atom. The number of esters is 1. The van der Waals surface area contributed by atoms with Crippen LogP contribution in [0.3, 0.4) is 0 Å². The highest BCUT2D eigenvalue weighted by Gasteiger charge is 2.20. The van der Waals surface area contributed by atoms with Gasteiger partial charge in [-0.3, -0.25) is 0 Å². The van der Waals surface area contributed by atoms with Crippen molar-refractivity contribution in [2.75, 3.05) is 6.79 Å². The fourth-order valence-corrected chi connectivity index (χ4v) is 2.03. The van der Waals surface area contributed by atoms with Crippen LogP contribution in [0.4, 0.5) is 4.39 Å². The number of carbonyl (C=O) groups is 1. The van der Waals surface area contributed by atoms with Gasteiger partial charge in [0.2, 0.25) is 6.79 Å². The van der Waals surface area contributed by atoms with Crippen LogP contribution < -0.4 is 14.2 Å². The first-order valence-electron chi connectivity index (χ1n) is 5.71.